The van der Waals surface area contributed by atoms with Gasteiger partial charge in [0, 0.05) is 31.1 Å². The first-order valence-corrected chi connectivity index (χ1v) is 10.3. The minimum Gasteiger partial charge on any atom is -0.361 e. The second kappa shape index (κ2) is 7.89. The van der Waals surface area contributed by atoms with E-state index in [9.17, 15) is 4.79 Å². The molecule has 0 bridgehead atoms. The fourth-order valence-corrected chi connectivity index (χ4v) is 4.66. The number of hydrogen-bond acceptors (Lipinski definition) is 6. The third-order valence-electron chi connectivity index (χ3n) is 6.19. The van der Waals surface area contributed by atoms with E-state index in [4.69, 9.17) is 14.0 Å². The zero-order chi connectivity index (χ0) is 18.9. The fraction of sp³-hybridized carbons (Fsp3) is 0.800. The molecule has 1 atom stereocenters. The van der Waals surface area contributed by atoms with Gasteiger partial charge in [0.15, 0.2) is 5.79 Å². The van der Waals surface area contributed by atoms with Gasteiger partial charge >= 0.3 is 0 Å². The zero-order valence-electron chi connectivity index (χ0n) is 16.5. The topological polar surface area (TPSA) is 68.0 Å². The molecule has 1 aromatic rings. The van der Waals surface area contributed by atoms with Gasteiger partial charge in [0.25, 0.3) is 0 Å². The van der Waals surface area contributed by atoms with Gasteiger partial charge < -0.3 is 18.9 Å². The van der Waals surface area contributed by atoms with Crippen LogP contribution in [-0.2, 0) is 20.8 Å². The van der Waals surface area contributed by atoms with Crippen LogP contribution in [0.5, 0.6) is 0 Å². The number of carbonyl (C=O) groups is 1. The summed E-state index contributed by atoms with van der Waals surface area (Å²) in [5, 5.41) is 4.07. The molecule has 7 heteroatoms. The maximum Gasteiger partial charge on any atom is 0.225 e. The molecule has 7 nitrogen and oxygen atoms in total. The number of hydrogen-bond donors (Lipinski definition) is 0. The minimum atomic E-state index is -0.720. The predicted octanol–water partition coefficient (Wildman–Crippen LogP) is 2.26. The first-order chi connectivity index (χ1) is 13.1. The first-order valence-electron chi connectivity index (χ1n) is 10.3. The summed E-state index contributed by atoms with van der Waals surface area (Å²) in [7, 11) is 0. The van der Waals surface area contributed by atoms with Gasteiger partial charge in [-0.25, -0.2) is 0 Å². The van der Waals surface area contributed by atoms with E-state index in [1.807, 2.05) is 18.7 Å². The normalized spacial score (nSPS) is 28.0. The molecule has 2 aliphatic heterocycles. The number of aromatic nitrogens is 1. The van der Waals surface area contributed by atoms with Crippen LogP contribution in [0.3, 0.4) is 0 Å². The van der Waals surface area contributed by atoms with Gasteiger partial charge in [-0.1, -0.05) is 18.0 Å². The van der Waals surface area contributed by atoms with Gasteiger partial charge in [-0.05, 0) is 33.1 Å². The Morgan fingerprint density at radius 2 is 1.89 bits per heavy atom. The maximum atomic E-state index is 12.9. The molecular weight excluding hydrogens is 346 g/mol. The molecule has 1 spiro atoms. The molecule has 3 aliphatic rings. The highest BCUT2D eigenvalue weighted by Gasteiger charge is 2.43. The van der Waals surface area contributed by atoms with Crippen molar-refractivity contribution in [3.63, 3.8) is 0 Å². The zero-order valence-corrected chi connectivity index (χ0v) is 16.5. The van der Waals surface area contributed by atoms with Gasteiger partial charge in [-0.3, -0.25) is 9.69 Å². The summed E-state index contributed by atoms with van der Waals surface area (Å²) in [5.74, 6) is 0.640. The third kappa shape index (κ3) is 4.05. The fourth-order valence-electron chi connectivity index (χ4n) is 4.66. The second-order valence-corrected chi connectivity index (χ2v) is 8.22. The molecule has 27 heavy (non-hydrogen) atoms. The number of nitrogens with zero attached hydrogens (tertiary/aromatic N) is 3. The van der Waals surface area contributed by atoms with Crippen molar-refractivity contribution in [1.82, 2.24) is 15.0 Å². The summed E-state index contributed by atoms with van der Waals surface area (Å²) in [5.41, 5.74) is 2.08. The predicted molar refractivity (Wildman–Crippen MR) is 99.0 cm³/mol. The van der Waals surface area contributed by atoms with E-state index in [2.05, 4.69) is 10.1 Å². The molecule has 1 aliphatic carbocycles. The molecule has 0 N–H and O–H groups in total. The van der Waals surface area contributed by atoms with E-state index in [0.29, 0.717) is 38.8 Å². The van der Waals surface area contributed by atoms with E-state index in [0.717, 1.165) is 49.4 Å². The summed E-state index contributed by atoms with van der Waals surface area (Å²) in [6.07, 6.45) is 5.36. The lowest BCUT2D eigenvalue weighted by molar-refractivity contribution is -0.265. The van der Waals surface area contributed by atoms with Gasteiger partial charge in [-0.2, -0.15) is 0 Å². The van der Waals surface area contributed by atoms with Crippen molar-refractivity contribution in [1.29, 1.82) is 0 Å². The van der Waals surface area contributed by atoms with Crippen LogP contribution < -0.4 is 0 Å². The van der Waals surface area contributed by atoms with Crippen LogP contribution in [0, 0.1) is 19.8 Å². The van der Waals surface area contributed by atoms with Crippen LogP contribution in [-0.4, -0.2) is 66.0 Å². The molecule has 1 saturated carbocycles. The number of aryl methyl sites for hydroxylation is 2. The monoisotopic (exact) mass is 377 g/mol. The summed E-state index contributed by atoms with van der Waals surface area (Å²) >= 11 is 0. The highest BCUT2D eigenvalue weighted by Crippen LogP contribution is 2.30. The Morgan fingerprint density at radius 1 is 1.11 bits per heavy atom. The van der Waals surface area contributed by atoms with Crippen LogP contribution in [0.4, 0.5) is 0 Å². The van der Waals surface area contributed by atoms with Gasteiger partial charge in [0.1, 0.15) is 5.76 Å². The molecular formula is C20H31N3O4. The Hall–Kier alpha value is -1.44. The summed E-state index contributed by atoms with van der Waals surface area (Å²) in [6.45, 7) is 8.70. The summed E-state index contributed by atoms with van der Waals surface area (Å²) in [4.78, 5) is 17.3. The molecule has 3 fully saturated rings. The molecule has 4 rings (SSSR count). The molecule has 0 radical (unpaired) electrons. The molecule has 1 aromatic heterocycles. The van der Waals surface area contributed by atoms with E-state index in [1.165, 1.54) is 12.8 Å². The number of morpholine rings is 1. The number of carbonyl (C=O) groups excluding carboxylic acids is 1. The average molecular weight is 377 g/mol. The Balaban J connectivity index is 1.46. The summed E-state index contributed by atoms with van der Waals surface area (Å²) in [6, 6.07) is 0. The van der Waals surface area contributed by atoms with Crippen LogP contribution >= 0.6 is 0 Å². The highest BCUT2D eigenvalue weighted by molar-refractivity contribution is 5.79. The largest absolute Gasteiger partial charge is 0.361 e. The molecule has 1 unspecified atom stereocenters. The van der Waals surface area contributed by atoms with Crippen LogP contribution in [0.25, 0.3) is 0 Å². The minimum absolute atomic E-state index is 0.198. The van der Waals surface area contributed by atoms with Crippen molar-refractivity contribution in [2.75, 3.05) is 39.4 Å². The Bertz CT molecular complexity index is 651. The van der Waals surface area contributed by atoms with Crippen molar-refractivity contribution in [3.8, 4) is 0 Å². The summed E-state index contributed by atoms with van der Waals surface area (Å²) < 4.78 is 17.6. The first kappa shape index (κ1) is 18.9. The van der Waals surface area contributed by atoms with E-state index >= 15 is 0 Å². The average Bonchev–Trinajstić information content (AvgIpc) is 3.26. The Morgan fingerprint density at radius 3 is 2.63 bits per heavy atom. The molecule has 2 saturated heterocycles. The van der Waals surface area contributed by atoms with Crippen molar-refractivity contribution in [2.24, 2.45) is 5.92 Å². The lowest BCUT2D eigenvalue weighted by Gasteiger charge is -2.43. The smallest absolute Gasteiger partial charge is 0.225 e. The second-order valence-electron chi connectivity index (χ2n) is 8.22. The standard InChI is InChI=1S/C20H31N3O4/c1-15-18(16(2)27-21-15)12-22-8-5-10-25-20(13-22)14-23(9-11-26-20)19(24)17-6-3-4-7-17/h17H,3-14H2,1-2H3. The maximum absolute atomic E-state index is 12.9. The molecule has 150 valence electrons. The van der Waals surface area contributed by atoms with Crippen molar-refractivity contribution in [2.45, 2.75) is 58.3 Å². The van der Waals surface area contributed by atoms with Crippen molar-refractivity contribution < 1.29 is 18.8 Å². The van der Waals surface area contributed by atoms with Gasteiger partial charge in [-0.15, -0.1) is 0 Å². The molecule has 1 amide bonds. The lowest BCUT2D eigenvalue weighted by Crippen LogP contribution is -2.59. The molecule has 0 aromatic carbocycles. The lowest BCUT2D eigenvalue weighted by atomic mass is 10.0. The van der Waals surface area contributed by atoms with E-state index in [-0.39, 0.29) is 5.92 Å². The van der Waals surface area contributed by atoms with Gasteiger partial charge in [0.05, 0.1) is 32.0 Å². The Labute approximate surface area is 160 Å². The quantitative estimate of drug-likeness (QED) is 0.805. The third-order valence-corrected chi connectivity index (χ3v) is 6.19. The van der Waals surface area contributed by atoms with E-state index < -0.39 is 5.79 Å². The Kier molecular flexibility index (Phi) is 5.53. The SMILES string of the molecule is Cc1noc(C)c1CN1CCCOC2(C1)CN(C(=O)C1CCCC1)CCO2. The van der Waals surface area contributed by atoms with Gasteiger partial charge in [0.2, 0.25) is 5.91 Å². The van der Waals surface area contributed by atoms with Crippen molar-refractivity contribution >= 4 is 5.91 Å². The van der Waals surface area contributed by atoms with Crippen LogP contribution in [0.15, 0.2) is 4.52 Å². The van der Waals surface area contributed by atoms with E-state index in [1.54, 1.807) is 0 Å². The van der Waals surface area contributed by atoms with Crippen LogP contribution in [0.2, 0.25) is 0 Å². The van der Waals surface area contributed by atoms with Crippen molar-refractivity contribution in [3.05, 3.63) is 17.0 Å². The highest BCUT2D eigenvalue weighted by atomic mass is 16.7. The number of ether oxygens (including phenoxy) is 2. The number of amides is 1. The number of rotatable bonds is 3. The van der Waals surface area contributed by atoms with Crippen LogP contribution in [0.1, 0.15) is 49.1 Å². The molecule has 3 heterocycles.